The summed E-state index contributed by atoms with van der Waals surface area (Å²) in [7, 11) is -2.02. The molecule has 1 aliphatic rings. The number of aryl methyl sites for hydroxylation is 1. The smallest absolute Gasteiger partial charge is 0.240 e. The predicted octanol–water partition coefficient (Wildman–Crippen LogP) is 1.52. The van der Waals surface area contributed by atoms with E-state index in [2.05, 4.69) is 14.9 Å². The Bertz CT molecular complexity index is 638. The van der Waals surface area contributed by atoms with Gasteiger partial charge in [-0.25, -0.2) is 13.1 Å². The van der Waals surface area contributed by atoms with E-state index in [1.807, 2.05) is 0 Å². The zero-order chi connectivity index (χ0) is 18.1. The number of carbonyl (C=O) groups excluding carboxylic acids is 1. The van der Waals surface area contributed by atoms with Gasteiger partial charge in [-0.05, 0) is 70.1 Å². The highest BCUT2D eigenvalue weighted by molar-refractivity contribution is 7.89. The van der Waals surface area contributed by atoms with E-state index in [1.54, 1.807) is 24.3 Å². The van der Waals surface area contributed by atoms with Gasteiger partial charge in [-0.1, -0.05) is 18.6 Å². The predicted molar refractivity (Wildman–Crippen MR) is 98.9 cm³/mol. The average molecular weight is 368 g/mol. The molecule has 140 valence electrons. The number of nitrogens with zero attached hydrogens (tertiary/aromatic N) is 1. The number of carbonyl (C=O) groups is 1. The van der Waals surface area contributed by atoms with Gasteiger partial charge >= 0.3 is 0 Å². The van der Waals surface area contributed by atoms with E-state index in [0.717, 1.165) is 18.5 Å². The van der Waals surface area contributed by atoms with Crippen molar-refractivity contribution in [3.63, 3.8) is 0 Å². The van der Waals surface area contributed by atoms with Gasteiger partial charge in [-0.2, -0.15) is 0 Å². The van der Waals surface area contributed by atoms with Gasteiger partial charge in [0.05, 0.1) is 4.90 Å². The second-order valence-corrected chi connectivity index (χ2v) is 8.34. The lowest BCUT2D eigenvalue weighted by Crippen LogP contribution is -2.33. The molecule has 1 heterocycles. The van der Waals surface area contributed by atoms with E-state index in [9.17, 15) is 13.2 Å². The number of benzene rings is 1. The largest absolute Gasteiger partial charge is 0.356 e. The Balaban J connectivity index is 1.64. The number of nitrogens with one attached hydrogen (secondary N) is 2. The first-order valence-electron chi connectivity index (χ1n) is 9.03. The van der Waals surface area contributed by atoms with Crippen molar-refractivity contribution in [1.29, 1.82) is 0 Å². The van der Waals surface area contributed by atoms with Crippen molar-refractivity contribution < 1.29 is 13.2 Å². The zero-order valence-corrected chi connectivity index (χ0v) is 15.8. The topological polar surface area (TPSA) is 78.5 Å². The molecule has 6 nitrogen and oxygen atoms in total. The van der Waals surface area contributed by atoms with Crippen molar-refractivity contribution in [3.8, 4) is 0 Å². The highest BCUT2D eigenvalue weighted by atomic mass is 32.2. The molecule has 1 saturated heterocycles. The van der Waals surface area contributed by atoms with E-state index < -0.39 is 10.0 Å². The fourth-order valence-corrected chi connectivity index (χ4v) is 3.74. The lowest BCUT2D eigenvalue weighted by atomic mass is 10.1. The summed E-state index contributed by atoms with van der Waals surface area (Å²) in [5.41, 5.74) is 0.957. The molecule has 1 aromatic rings. The number of amides is 1. The zero-order valence-electron chi connectivity index (χ0n) is 15.0. The molecule has 0 saturated carbocycles. The summed E-state index contributed by atoms with van der Waals surface area (Å²) in [6.07, 6.45) is 5.94. The van der Waals surface area contributed by atoms with Crippen molar-refractivity contribution in [1.82, 2.24) is 14.9 Å². The molecule has 0 spiro atoms. The van der Waals surface area contributed by atoms with Crippen molar-refractivity contribution in [2.24, 2.45) is 0 Å². The Hall–Kier alpha value is -1.44. The maximum Gasteiger partial charge on any atom is 0.240 e. The lowest BCUT2D eigenvalue weighted by Gasteiger charge is -2.26. The van der Waals surface area contributed by atoms with E-state index in [0.29, 0.717) is 19.4 Å². The highest BCUT2D eigenvalue weighted by Gasteiger charge is 2.11. The molecule has 2 rings (SSSR count). The first-order valence-corrected chi connectivity index (χ1v) is 10.5. The second kappa shape index (κ2) is 9.89. The maximum atomic E-state index is 11.9. The molecule has 1 aliphatic heterocycles. The van der Waals surface area contributed by atoms with Crippen LogP contribution >= 0.6 is 0 Å². The van der Waals surface area contributed by atoms with Crippen LogP contribution in [0, 0.1) is 0 Å². The molecular formula is C18H29N3O3S. The van der Waals surface area contributed by atoms with Gasteiger partial charge in [0.1, 0.15) is 0 Å². The number of hydrogen-bond donors (Lipinski definition) is 2. The molecule has 1 amide bonds. The normalized spacial score (nSPS) is 15.9. The van der Waals surface area contributed by atoms with E-state index in [1.165, 1.54) is 39.4 Å². The van der Waals surface area contributed by atoms with Crippen LogP contribution < -0.4 is 10.0 Å². The minimum atomic E-state index is -3.40. The molecule has 1 aromatic carbocycles. The second-order valence-electron chi connectivity index (χ2n) is 6.46. The molecule has 2 N–H and O–H groups in total. The molecular weight excluding hydrogens is 338 g/mol. The Morgan fingerprint density at radius 3 is 2.44 bits per heavy atom. The number of hydrogen-bond acceptors (Lipinski definition) is 4. The SMILES string of the molecule is CNS(=O)(=O)c1ccc(CCC(=O)NCCCN2CCCCC2)cc1. The molecule has 25 heavy (non-hydrogen) atoms. The van der Waals surface area contributed by atoms with Crippen molar-refractivity contribution in [2.75, 3.05) is 33.2 Å². The molecule has 0 aromatic heterocycles. The fourth-order valence-electron chi connectivity index (χ4n) is 3.01. The van der Waals surface area contributed by atoms with E-state index in [4.69, 9.17) is 0 Å². The summed E-state index contributed by atoms with van der Waals surface area (Å²) in [5.74, 6) is 0.0468. The van der Waals surface area contributed by atoms with Crippen LogP contribution in [-0.4, -0.2) is 52.5 Å². The highest BCUT2D eigenvalue weighted by Crippen LogP contribution is 2.11. The minimum absolute atomic E-state index is 0.0468. The molecule has 1 fully saturated rings. The molecule has 0 unspecified atom stereocenters. The van der Waals surface area contributed by atoms with E-state index >= 15 is 0 Å². The van der Waals surface area contributed by atoms with Gasteiger partial charge in [0, 0.05) is 13.0 Å². The first-order chi connectivity index (χ1) is 12.0. The standard InChI is InChI=1S/C18H29N3O3S/c1-19-25(23,24)17-9-6-16(7-10-17)8-11-18(22)20-12-5-15-21-13-3-2-4-14-21/h6-7,9-10,19H,2-5,8,11-15H2,1H3,(H,20,22). The molecule has 0 aliphatic carbocycles. The number of rotatable bonds is 9. The summed E-state index contributed by atoms with van der Waals surface area (Å²) in [5, 5.41) is 2.97. The lowest BCUT2D eigenvalue weighted by molar-refractivity contribution is -0.121. The minimum Gasteiger partial charge on any atom is -0.356 e. The van der Waals surface area contributed by atoms with Crippen LogP contribution in [0.15, 0.2) is 29.2 Å². The number of likely N-dealkylation sites (tertiary alicyclic amines) is 1. The summed E-state index contributed by atoms with van der Waals surface area (Å²) in [4.78, 5) is 14.6. The van der Waals surface area contributed by atoms with Gasteiger partial charge in [0.15, 0.2) is 0 Å². The molecule has 0 atom stereocenters. The third-order valence-corrected chi connectivity index (χ3v) is 6.00. The Morgan fingerprint density at radius 1 is 1.12 bits per heavy atom. The van der Waals surface area contributed by atoms with Crippen LogP contribution in [0.5, 0.6) is 0 Å². The maximum absolute atomic E-state index is 11.9. The first kappa shape index (κ1) is 19.9. The van der Waals surface area contributed by atoms with Gasteiger partial charge < -0.3 is 10.2 Å². The number of sulfonamides is 1. The monoisotopic (exact) mass is 367 g/mol. The van der Waals surface area contributed by atoms with Gasteiger partial charge in [-0.3, -0.25) is 4.79 Å². The fraction of sp³-hybridized carbons (Fsp3) is 0.611. The van der Waals surface area contributed by atoms with Gasteiger partial charge in [0.2, 0.25) is 15.9 Å². The van der Waals surface area contributed by atoms with Crippen molar-refractivity contribution in [3.05, 3.63) is 29.8 Å². The Labute approximate surface area is 151 Å². The van der Waals surface area contributed by atoms with Gasteiger partial charge in [0.25, 0.3) is 0 Å². The quantitative estimate of drug-likeness (QED) is 0.649. The van der Waals surface area contributed by atoms with Gasteiger partial charge in [-0.15, -0.1) is 0 Å². The van der Waals surface area contributed by atoms with Crippen molar-refractivity contribution >= 4 is 15.9 Å². The van der Waals surface area contributed by atoms with Crippen LogP contribution in [0.1, 0.15) is 37.7 Å². The Morgan fingerprint density at radius 2 is 1.80 bits per heavy atom. The van der Waals surface area contributed by atoms with Crippen LogP contribution in [-0.2, 0) is 21.2 Å². The Kier molecular flexibility index (Phi) is 7.87. The van der Waals surface area contributed by atoms with Crippen LogP contribution in [0.3, 0.4) is 0 Å². The van der Waals surface area contributed by atoms with Crippen LogP contribution in [0.25, 0.3) is 0 Å². The van der Waals surface area contributed by atoms with Crippen LogP contribution in [0.4, 0.5) is 0 Å². The van der Waals surface area contributed by atoms with E-state index in [-0.39, 0.29) is 10.8 Å². The third kappa shape index (κ3) is 6.76. The molecule has 0 radical (unpaired) electrons. The molecule has 0 bridgehead atoms. The summed E-state index contributed by atoms with van der Waals surface area (Å²) in [6, 6.07) is 6.65. The number of piperidine rings is 1. The molecule has 7 heteroatoms. The third-order valence-electron chi connectivity index (χ3n) is 4.57. The average Bonchev–Trinajstić information content (AvgIpc) is 2.65. The summed E-state index contributed by atoms with van der Waals surface area (Å²) >= 11 is 0. The van der Waals surface area contributed by atoms with Crippen molar-refractivity contribution in [2.45, 2.75) is 43.4 Å². The van der Waals surface area contributed by atoms with Crippen LogP contribution in [0.2, 0.25) is 0 Å². The summed E-state index contributed by atoms with van der Waals surface area (Å²) in [6.45, 7) is 4.15. The summed E-state index contributed by atoms with van der Waals surface area (Å²) < 4.78 is 25.6.